The summed E-state index contributed by atoms with van der Waals surface area (Å²) in [6.07, 6.45) is 3.43. The van der Waals surface area contributed by atoms with E-state index in [1.165, 1.54) is 0 Å². The molecule has 1 aromatic carbocycles. The highest BCUT2D eigenvalue weighted by atomic mass is 127. The first-order valence-electron chi connectivity index (χ1n) is 6.75. The highest BCUT2D eigenvalue weighted by Gasteiger charge is 2.02. The number of hydrogen-bond acceptors (Lipinski definition) is 4. The number of nitrogens with two attached hydrogens (primary N) is 1. The van der Waals surface area contributed by atoms with Gasteiger partial charge in [-0.05, 0) is 18.2 Å². The third kappa shape index (κ3) is 4.09. The van der Waals surface area contributed by atoms with E-state index >= 15 is 0 Å². The predicted molar refractivity (Wildman–Crippen MR) is 100 cm³/mol. The zero-order valence-corrected chi connectivity index (χ0v) is 14.8. The van der Waals surface area contributed by atoms with Gasteiger partial charge in [0.1, 0.15) is 5.75 Å². The number of benzene rings is 1. The molecule has 0 bridgehead atoms. The summed E-state index contributed by atoms with van der Waals surface area (Å²) in [5.41, 5.74) is 8.43. The first kappa shape index (κ1) is 17.0. The van der Waals surface area contributed by atoms with Gasteiger partial charge in [-0.3, -0.25) is 0 Å². The Morgan fingerprint density at radius 3 is 3.00 bits per heavy atom. The van der Waals surface area contributed by atoms with Crippen LogP contribution >= 0.6 is 24.0 Å². The number of aromatic nitrogens is 3. The van der Waals surface area contributed by atoms with E-state index in [1.54, 1.807) is 24.0 Å². The SMILES string of the molecule is COc1cccc(NC(N)=NCc2ccnc3ccnn23)c1.I. The minimum Gasteiger partial charge on any atom is -0.497 e. The van der Waals surface area contributed by atoms with E-state index in [0.717, 1.165) is 22.8 Å². The van der Waals surface area contributed by atoms with Crippen LogP contribution in [0.25, 0.3) is 5.65 Å². The molecule has 0 amide bonds. The van der Waals surface area contributed by atoms with Crippen LogP contribution in [0.1, 0.15) is 5.69 Å². The highest BCUT2D eigenvalue weighted by molar-refractivity contribution is 14.0. The molecule has 0 aliphatic carbocycles. The molecule has 0 aliphatic heterocycles. The monoisotopic (exact) mass is 424 g/mol. The van der Waals surface area contributed by atoms with Gasteiger partial charge in [0.15, 0.2) is 11.6 Å². The van der Waals surface area contributed by atoms with E-state index < -0.39 is 0 Å². The lowest BCUT2D eigenvalue weighted by Crippen LogP contribution is -2.22. The summed E-state index contributed by atoms with van der Waals surface area (Å²) in [7, 11) is 1.62. The summed E-state index contributed by atoms with van der Waals surface area (Å²) in [6.45, 7) is 0.406. The first-order valence-corrected chi connectivity index (χ1v) is 6.75. The standard InChI is InChI=1S/C15H16N6O.HI/c1-22-13-4-2-3-11(9-13)20-15(16)18-10-12-5-7-17-14-6-8-19-21(12)14;/h2-9H,10H2,1H3,(H3,16,18,20);1H. The number of methoxy groups -OCH3 is 1. The molecule has 23 heavy (non-hydrogen) atoms. The zero-order valence-electron chi connectivity index (χ0n) is 12.5. The number of rotatable bonds is 4. The van der Waals surface area contributed by atoms with Crippen molar-refractivity contribution in [2.75, 3.05) is 12.4 Å². The van der Waals surface area contributed by atoms with Crippen molar-refractivity contribution in [3.05, 3.63) is 54.5 Å². The van der Waals surface area contributed by atoms with E-state index in [2.05, 4.69) is 20.4 Å². The van der Waals surface area contributed by atoms with Crippen LogP contribution in [-0.4, -0.2) is 27.7 Å². The van der Waals surface area contributed by atoms with Crippen molar-refractivity contribution >= 4 is 41.3 Å². The molecule has 0 spiro atoms. The maximum atomic E-state index is 5.92. The second-order valence-corrected chi connectivity index (χ2v) is 4.60. The summed E-state index contributed by atoms with van der Waals surface area (Å²) in [6, 6.07) is 11.2. The normalized spacial score (nSPS) is 11.1. The van der Waals surface area contributed by atoms with E-state index in [1.807, 2.05) is 36.4 Å². The van der Waals surface area contributed by atoms with Crippen LogP contribution in [0, 0.1) is 0 Å². The Kier molecular flexibility index (Phi) is 5.74. The van der Waals surface area contributed by atoms with Crippen LogP contribution in [0.4, 0.5) is 5.69 Å². The van der Waals surface area contributed by atoms with Gasteiger partial charge < -0.3 is 15.8 Å². The number of nitrogens with zero attached hydrogens (tertiary/aromatic N) is 4. The average Bonchev–Trinajstić information content (AvgIpc) is 3.02. The number of guanidine groups is 1. The lowest BCUT2D eigenvalue weighted by atomic mass is 10.3. The molecule has 0 saturated heterocycles. The zero-order chi connectivity index (χ0) is 15.4. The van der Waals surface area contributed by atoms with E-state index in [9.17, 15) is 0 Å². The van der Waals surface area contributed by atoms with Crippen LogP contribution in [-0.2, 0) is 6.54 Å². The van der Waals surface area contributed by atoms with Gasteiger partial charge in [-0.2, -0.15) is 5.10 Å². The van der Waals surface area contributed by atoms with Gasteiger partial charge >= 0.3 is 0 Å². The Hall–Kier alpha value is -2.36. The molecule has 0 saturated carbocycles. The van der Waals surface area contributed by atoms with Crippen LogP contribution in [0.2, 0.25) is 0 Å². The van der Waals surface area contributed by atoms with E-state index in [-0.39, 0.29) is 24.0 Å². The molecule has 0 unspecified atom stereocenters. The van der Waals surface area contributed by atoms with Crippen molar-refractivity contribution in [2.45, 2.75) is 6.54 Å². The van der Waals surface area contributed by atoms with Crippen LogP contribution < -0.4 is 15.8 Å². The Balaban J connectivity index is 0.00000192. The minimum atomic E-state index is 0. The van der Waals surface area contributed by atoms with Crippen molar-refractivity contribution in [1.29, 1.82) is 0 Å². The second kappa shape index (κ2) is 7.77. The first-order chi connectivity index (χ1) is 10.8. The van der Waals surface area contributed by atoms with Gasteiger partial charge in [0.05, 0.1) is 25.5 Å². The van der Waals surface area contributed by atoms with Gasteiger partial charge in [-0.25, -0.2) is 14.5 Å². The quantitative estimate of drug-likeness (QED) is 0.381. The van der Waals surface area contributed by atoms with Crippen molar-refractivity contribution < 1.29 is 4.74 Å². The molecule has 3 aromatic rings. The molecule has 2 aromatic heterocycles. The van der Waals surface area contributed by atoms with Crippen LogP contribution in [0.3, 0.4) is 0 Å². The number of ether oxygens (including phenoxy) is 1. The summed E-state index contributed by atoms with van der Waals surface area (Å²) in [5, 5.41) is 7.24. The summed E-state index contributed by atoms with van der Waals surface area (Å²) in [5.74, 6) is 1.08. The fourth-order valence-electron chi connectivity index (χ4n) is 2.06. The van der Waals surface area contributed by atoms with Gasteiger partial charge in [-0.15, -0.1) is 24.0 Å². The fraction of sp³-hybridized carbons (Fsp3) is 0.133. The maximum Gasteiger partial charge on any atom is 0.193 e. The van der Waals surface area contributed by atoms with Gasteiger partial charge in [0.25, 0.3) is 0 Å². The van der Waals surface area contributed by atoms with Crippen molar-refractivity contribution in [3.63, 3.8) is 0 Å². The molecular weight excluding hydrogens is 407 g/mol. The molecule has 0 fully saturated rings. The van der Waals surface area contributed by atoms with Crippen molar-refractivity contribution in [1.82, 2.24) is 14.6 Å². The van der Waals surface area contributed by atoms with E-state index in [4.69, 9.17) is 10.5 Å². The van der Waals surface area contributed by atoms with E-state index in [0.29, 0.717) is 12.5 Å². The number of anilines is 1. The number of fused-ring (bicyclic) bond motifs is 1. The molecule has 0 radical (unpaired) electrons. The molecular formula is C15H17IN6O. The van der Waals surface area contributed by atoms with Gasteiger partial charge in [0.2, 0.25) is 0 Å². The molecule has 7 nitrogen and oxygen atoms in total. The Bertz CT molecular complexity index is 816. The summed E-state index contributed by atoms with van der Waals surface area (Å²) < 4.78 is 6.90. The molecule has 8 heteroatoms. The summed E-state index contributed by atoms with van der Waals surface area (Å²) in [4.78, 5) is 8.54. The molecule has 3 N–H and O–H groups in total. The smallest absolute Gasteiger partial charge is 0.193 e. The number of hydrogen-bond donors (Lipinski definition) is 2. The Labute approximate surface area is 150 Å². The lowest BCUT2D eigenvalue weighted by molar-refractivity contribution is 0.415. The number of nitrogens with one attached hydrogen (secondary N) is 1. The largest absolute Gasteiger partial charge is 0.497 e. The van der Waals surface area contributed by atoms with Crippen LogP contribution in [0.15, 0.2) is 53.8 Å². The lowest BCUT2D eigenvalue weighted by Gasteiger charge is -2.07. The third-order valence-electron chi connectivity index (χ3n) is 3.12. The van der Waals surface area contributed by atoms with Gasteiger partial charge in [0, 0.05) is 24.0 Å². The molecule has 0 atom stereocenters. The average molecular weight is 424 g/mol. The van der Waals surface area contributed by atoms with Crippen LogP contribution in [0.5, 0.6) is 5.75 Å². The predicted octanol–water partition coefficient (Wildman–Crippen LogP) is 2.28. The summed E-state index contributed by atoms with van der Waals surface area (Å²) >= 11 is 0. The molecule has 0 aliphatic rings. The minimum absolute atomic E-state index is 0. The number of halogens is 1. The Morgan fingerprint density at radius 2 is 2.17 bits per heavy atom. The molecule has 3 rings (SSSR count). The molecule has 120 valence electrons. The highest BCUT2D eigenvalue weighted by Crippen LogP contribution is 2.16. The van der Waals surface area contributed by atoms with Crippen molar-refractivity contribution in [2.24, 2.45) is 10.7 Å². The number of aliphatic imine (C=N–C) groups is 1. The van der Waals surface area contributed by atoms with Crippen molar-refractivity contribution in [3.8, 4) is 5.75 Å². The third-order valence-corrected chi connectivity index (χ3v) is 3.12. The fourth-order valence-corrected chi connectivity index (χ4v) is 2.06. The molecule has 2 heterocycles. The second-order valence-electron chi connectivity index (χ2n) is 4.60. The topological polar surface area (TPSA) is 89.8 Å². The Morgan fingerprint density at radius 1 is 1.30 bits per heavy atom. The van der Waals surface area contributed by atoms with Gasteiger partial charge in [-0.1, -0.05) is 6.07 Å². The maximum absolute atomic E-state index is 5.92.